The monoisotopic (exact) mass is 308 g/mol. The lowest BCUT2D eigenvalue weighted by Crippen LogP contribution is -2.40. The van der Waals surface area contributed by atoms with Crippen molar-refractivity contribution in [1.29, 1.82) is 0 Å². The lowest BCUT2D eigenvalue weighted by atomic mass is 10.1. The molecule has 0 fully saturated rings. The van der Waals surface area contributed by atoms with Crippen LogP contribution >= 0.6 is 0 Å². The third-order valence-electron chi connectivity index (χ3n) is 3.58. The molecule has 23 heavy (non-hydrogen) atoms. The first-order chi connectivity index (χ1) is 11.2. The summed E-state index contributed by atoms with van der Waals surface area (Å²) in [4.78, 5) is 12.1. The Labute approximate surface area is 134 Å². The SMILES string of the molecule is CC(Cc1ccccc1)[n+]1cc(NC(=O)c2ccccc2)on1. The third kappa shape index (κ3) is 3.83. The third-order valence-corrected chi connectivity index (χ3v) is 3.58. The Hall–Kier alpha value is -2.95. The Balaban J connectivity index is 1.65. The molecule has 0 radical (unpaired) electrons. The molecule has 1 heterocycles. The number of hydrogen-bond donors (Lipinski definition) is 1. The summed E-state index contributed by atoms with van der Waals surface area (Å²) in [6.45, 7) is 2.05. The number of nitrogens with one attached hydrogen (secondary N) is 1. The van der Waals surface area contributed by atoms with Gasteiger partial charge in [-0.25, -0.2) is 0 Å². The highest BCUT2D eigenvalue weighted by Gasteiger charge is 2.21. The number of carbonyl (C=O) groups excluding carboxylic acids is 1. The average molecular weight is 308 g/mol. The van der Waals surface area contributed by atoms with Gasteiger partial charge in [0.05, 0.1) is 0 Å². The van der Waals surface area contributed by atoms with Gasteiger partial charge in [-0.1, -0.05) is 48.5 Å². The first-order valence-corrected chi connectivity index (χ1v) is 7.51. The van der Waals surface area contributed by atoms with Crippen molar-refractivity contribution in [1.82, 2.24) is 5.27 Å². The van der Waals surface area contributed by atoms with E-state index < -0.39 is 0 Å². The predicted octanol–water partition coefficient (Wildman–Crippen LogP) is 3.02. The van der Waals surface area contributed by atoms with Crippen LogP contribution in [0.5, 0.6) is 0 Å². The minimum Gasteiger partial charge on any atom is -0.285 e. The van der Waals surface area contributed by atoms with Gasteiger partial charge in [-0.05, 0) is 22.4 Å². The summed E-state index contributed by atoms with van der Waals surface area (Å²) in [5.41, 5.74) is 1.80. The van der Waals surface area contributed by atoms with Gasteiger partial charge >= 0.3 is 5.88 Å². The molecule has 0 spiro atoms. The summed E-state index contributed by atoms with van der Waals surface area (Å²) in [7, 11) is 0. The summed E-state index contributed by atoms with van der Waals surface area (Å²) in [5.74, 6) is 0.114. The van der Waals surface area contributed by atoms with E-state index in [1.54, 1.807) is 23.0 Å². The Morgan fingerprint density at radius 2 is 1.78 bits per heavy atom. The van der Waals surface area contributed by atoms with Crippen molar-refractivity contribution in [3.8, 4) is 0 Å². The number of benzene rings is 2. The average Bonchev–Trinajstić information content (AvgIpc) is 3.05. The molecular weight excluding hydrogens is 290 g/mol. The van der Waals surface area contributed by atoms with Gasteiger partial charge in [0.25, 0.3) is 12.1 Å². The van der Waals surface area contributed by atoms with E-state index >= 15 is 0 Å². The molecule has 1 unspecified atom stereocenters. The van der Waals surface area contributed by atoms with Gasteiger partial charge in [0.15, 0.2) is 6.04 Å². The summed E-state index contributed by atoms with van der Waals surface area (Å²) in [5, 5.41) is 6.69. The zero-order chi connectivity index (χ0) is 16.1. The minimum atomic E-state index is -0.218. The predicted molar refractivity (Wildman–Crippen MR) is 86.0 cm³/mol. The van der Waals surface area contributed by atoms with Crippen molar-refractivity contribution in [2.24, 2.45) is 0 Å². The molecule has 5 nitrogen and oxygen atoms in total. The Morgan fingerprint density at radius 1 is 1.13 bits per heavy atom. The summed E-state index contributed by atoms with van der Waals surface area (Å²) in [6.07, 6.45) is 2.54. The van der Waals surface area contributed by atoms with Crippen molar-refractivity contribution in [3.63, 3.8) is 0 Å². The van der Waals surface area contributed by atoms with E-state index in [0.29, 0.717) is 11.4 Å². The molecule has 1 atom stereocenters. The second-order valence-corrected chi connectivity index (χ2v) is 5.41. The zero-order valence-electron chi connectivity index (χ0n) is 12.8. The van der Waals surface area contributed by atoms with E-state index in [1.807, 2.05) is 36.4 Å². The van der Waals surface area contributed by atoms with Gasteiger partial charge in [0, 0.05) is 18.9 Å². The summed E-state index contributed by atoms with van der Waals surface area (Å²) < 4.78 is 6.91. The van der Waals surface area contributed by atoms with E-state index in [2.05, 4.69) is 29.6 Å². The number of carbonyl (C=O) groups is 1. The van der Waals surface area contributed by atoms with Crippen LogP contribution in [0.25, 0.3) is 0 Å². The van der Waals surface area contributed by atoms with Gasteiger partial charge in [0.1, 0.15) is 0 Å². The van der Waals surface area contributed by atoms with Crippen LogP contribution in [0.4, 0.5) is 5.88 Å². The number of aromatic nitrogens is 2. The highest BCUT2D eigenvalue weighted by molar-refractivity contribution is 6.03. The number of anilines is 1. The number of amides is 1. The van der Waals surface area contributed by atoms with Crippen molar-refractivity contribution in [2.75, 3.05) is 5.32 Å². The number of rotatable bonds is 5. The van der Waals surface area contributed by atoms with Crippen molar-refractivity contribution in [3.05, 3.63) is 78.0 Å². The Kier molecular flexibility index (Phi) is 4.47. The highest BCUT2D eigenvalue weighted by atomic mass is 16.5. The Bertz CT molecular complexity index is 769. The molecule has 1 aromatic heterocycles. The van der Waals surface area contributed by atoms with Crippen LogP contribution < -0.4 is 10.00 Å². The molecule has 5 heteroatoms. The smallest absolute Gasteiger partial charge is 0.285 e. The van der Waals surface area contributed by atoms with Crippen LogP contribution in [0.3, 0.4) is 0 Å². The molecular formula is C18H18N3O2+. The minimum absolute atomic E-state index is 0.128. The van der Waals surface area contributed by atoms with Gasteiger partial charge < -0.3 is 0 Å². The highest BCUT2D eigenvalue weighted by Crippen LogP contribution is 2.10. The van der Waals surface area contributed by atoms with Crippen molar-refractivity contribution >= 4 is 11.8 Å². The van der Waals surface area contributed by atoms with Crippen molar-refractivity contribution in [2.45, 2.75) is 19.4 Å². The first-order valence-electron chi connectivity index (χ1n) is 7.51. The van der Waals surface area contributed by atoms with E-state index in [9.17, 15) is 4.79 Å². The fourth-order valence-corrected chi connectivity index (χ4v) is 2.34. The largest absolute Gasteiger partial charge is 0.302 e. The molecule has 0 aliphatic rings. The lowest BCUT2D eigenvalue weighted by Gasteiger charge is -2.01. The number of hydrogen-bond acceptors (Lipinski definition) is 3. The normalized spacial score (nSPS) is 11.9. The second-order valence-electron chi connectivity index (χ2n) is 5.41. The molecule has 2 aromatic carbocycles. The quantitative estimate of drug-likeness (QED) is 0.737. The maximum Gasteiger partial charge on any atom is 0.302 e. The molecule has 1 amide bonds. The molecule has 0 saturated carbocycles. The molecule has 1 N–H and O–H groups in total. The fourth-order valence-electron chi connectivity index (χ4n) is 2.34. The van der Waals surface area contributed by atoms with E-state index in [1.165, 1.54) is 5.56 Å². The molecule has 0 saturated heterocycles. The molecule has 0 aliphatic heterocycles. The first kappa shape index (κ1) is 15.0. The standard InChI is InChI=1S/C18H17N3O2/c1-14(12-15-8-4-2-5-9-15)21-13-17(23-20-21)19-18(22)16-10-6-3-7-11-16/h2-11,13-14H,12H2,1H3/p+1. The molecule has 0 bridgehead atoms. The van der Waals surface area contributed by atoms with Crippen LogP contribution in [-0.2, 0) is 6.42 Å². The summed E-state index contributed by atoms with van der Waals surface area (Å²) in [6, 6.07) is 19.3. The summed E-state index contributed by atoms with van der Waals surface area (Å²) >= 11 is 0. The van der Waals surface area contributed by atoms with E-state index in [4.69, 9.17) is 4.52 Å². The zero-order valence-corrected chi connectivity index (χ0v) is 12.8. The van der Waals surface area contributed by atoms with Gasteiger partial charge in [-0.3, -0.25) is 14.6 Å². The second kappa shape index (κ2) is 6.87. The molecule has 0 aliphatic carbocycles. The van der Waals surface area contributed by atoms with Crippen LogP contribution in [0.2, 0.25) is 0 Å². The van der Waals surface area contributed by atoms with Gasteiger partial charge in [-0.2, -0.15) is 0 Å². The topological polar surface area (TPSA) is 59.0 Å². The fraction of sp³-hybridized carbons (Fsp3) is 0.167. The van der Waals surface area contributed by atoms with Crippen LogP contribution in [-0.4, -0.2) is 11.2 Å². The number of nitrogens with zero attached hydrogens (tertiary/aromatic N) is 2. The Morgan fingerprint density at radius 3 is 2.48 bits per heavy atom. The van der Waals surface area contributed by atoms with Gasteiger partial charge in [0.2, 0.25) is 5.27 Å². The van der Waals surface area contributed by atoms with Crippen LogP contribution in [0, 0.1) is 0 Å². The maximum atomic E-state index is 12.1. The van der Waals surface area contributed by atoms with Crippen LogP contribution in [0.1, 0.15) is 28.9 Å². The molecule has 116 valence electrons. The van der Waals surface area contributed by atoms with E-state index in [-0.39, 0.29) is 11.9 Å². The van der Waals surface area contributed by atoms with Crippen molar-refractivity contribution < 1.29 is 14.0 Å². The van der Waals surface area contributed by atoms with Gasteiger partial charge in [-0.15, -0.1) is 0 Å². The van der Waals surface area contributed by atoms with Crippen LogP contribution in [0.15, 0.2) is 71.4 Å². The maximum absolute atomic E-state index is 12.1. The lowest BCUT2D eigenvalue weighted by molar-refractivity contribution is -0.782. The molecule has 3 rings (SSSR count). The molecule has 3 aromatic rings. The van der Waals surface area contributed by atoms with E-state index in [0.717, 1.165) is 6.42 Å².